The molecule has 3 heteroatoms. The summed E-state index contributed by atoms with van der Waals surface area (Å²) in [5, 5.41) is 11.8. The lowest BCUT2D eigenvalue weighted by molar-refractivity contribution is 0.526. The van der Waals surface area contributed by atoms with Crippen LogP contribution in [0, 0.1) is 23.1 Å². The molecule has 0 aromatic heterocycles. The number of nitriles is 1. The largest absolute Gasteiger partial charge is 0.309 e. The van der Waals surface area contributed by atoms with E-state index in [1.807, 2.05) is 13.8 Å². The third-order valence-electron chi connectivity index (χ3n) is 2.32. The van der Waals surface area contributed by atoms with Crippen molar-refractivity contribution in [2.24, 2.45) is 5.92 Å². The van der Waals surface area contributed by atoms with Gasteiger partial charge in [0.1, 0.15) is 5.82 Å². The van der Waals surface area contributed by atoms with Crippen molar-refractivity contribution in [2.45, 2.75) is 19.9 Å². The van der Waals surface area contributed by atoms with Gasteiger partial charge in [-0.3, -0.25) is 0 Å². The fraction of sp³-hybridized carbons (Fsp3) is 0.417. The summed E-state index contributed by atoms with van der Waals surface area (Å²) in [5.74, 6) is -0.232. The van der Waals surface area contributed by atoms with Crippen molar-refractivity contribution >= 4 is 0 Å². The molecule has 1 N–H and O–H groups in total. The van der Waals surface area contributed by atoms with E-state index in [1.54, 1.807) is 12.1 Å². The Morgan fingerprint density at radius 2 is 1.93 bits per heavy atom. The van der Waals surface area contributed by atoms with Crippen LogP contribution in [-0.2, 0) is 0 Å². The van der Waals surface area contributed by atoms with Gasteiger partial charge in [0.2, 0.25) is 0 Å². The van der Waals surface area contributed by atoms with Crippen molar-refractivity contribution in [3.63, 3.8) is 0 Å². The highest BCUT2D eigenvalue weighted by atomic mass is 19.1. The number of nitrogens with one attached hydrogen (secondary N) is 1. The Balaban J connectivity index is 2.51. The quantitative estimate of drug-likeness (QED) is 0.822. The Bertz CT molecular complexity index is 340. The number of rotatable bonds is 4. The van der Waals surface area contributed by atoms with Gasteiger partial charge in [0, 0.05) is 12.6 Å². The Labute approximate surface area is 89.7 Å². The molecule has 0 aliphatic carbocycles. The minimum atomic E-state index is -0.226. The van der Waals surface area contributed by atoms with E-state index in [0.717, 1.165) is 5.56 Å². The molecule has 0 aliphatic heterocycles. The van der Waals surface area contributed by atoms with Crippen LogP contribution in [0.5, 0.6) is 0 Å². The summed E-state index contributed by atoms with van der Waals surface area (Å²) in [4.78, 5) is 0. The maximum Gasteiger partial charge on any atom is 0.123 e. The molecular formula is C12H15FN2. The van der Waals surface area contributed by atoms with E-state index >= 15 is 0 Å². The summed E-state index contributed by atoms with van der Waals surface area (Å²) < 4.78 is 12.7. The standard InChI is InChI=1S/C12H15FN2/c1-9(7-14)8-15-10(2)11-3-5-12(13)6-4-11/h3-6,9-10,15H,8H2,1-2H3/t9?,10-/m1/s1. The van der Waals surface area contributed by atoms with Crippen molar-refractivity contribution in [3.05, 3.63) is 35.6 Å². The lowest BCUT2D eigenvalue weighted by Crippen LogP contribution is -2.23. The van der Waals surface area contributed by atoms with E-state index in [1.165, 1.54) is 12.1 Å². The number of halogens is 1. The smallest absolute Gasteiger partial charge is 0.123 e. The molecule has 15 heavy (non-hydrogen) atoms. The molecule has 2 nitrogen and oxygen atoms in total. The maximum absolute atomic E-state index is 12.7. The van der Waals surface area contributed by atoms with Crippen molar-refractivity contribution in [3.8, 4) is 6.07 Å². The van der Waals surface area contributed by atoms with Crippen molar-refractivity contribution in [1.29, 1.82) is 5.26 Å². The van der Waals surface area contributed by atoms with Crippen LogP contribution in [0.1, 0.15) is 25.5 Å². The highest BCUT2D eigenvalue weighted by molar-refractivity contribution is 5.19. The molecule has 0 spiro atoms. The normalized spacial score (nSPS) is 14.3. The maximum atomic E-state index is 12.7. The summed E-state index contributed by atoms with van der Waals surface area (Å²) in [6.45, 7) is 4.51. The zero-order valence-electron chi connectivity index (χ0n) is 9.00. The van der Waals surface area contributed by atoms with Crippen LogP contribution in [0.15, 0.2) is 24.3 Å². The minimum Gasteiger partial charge on any atom is -0.309 e. The number of hydrogen-bond donors (Lipinski definition) is 1. The van der Waals surface area contributed by atoms with Crippen LogP contribution in [0.2, 0.25) is 0 Å². The summed E-state index contributed by atoms with van der Waals surface area (Å²) in [6, 6.07) is 8.70. The summed E-state index contributed by atoms with van der Waals surface area (Å²) in [7, 11) is 0. The number of nitrogens with zero attached hydrogens (tertiary/aromatic N) is 1. The minimum absolute atomic E-state index is 0.00658. The molecule has 1 aromatic carbocycles. The molecule has 1 unspecified atom stereocenters. The second kappa shape index (κ2) is 5.47. The zero-order chi connectivity index (χ0) is 11.3. The number of benzene rings is 1. The second-order valence-corrected chi connectivity index (χ2v) is 3.71. The van der Waals surface area contributed by atoms with E-state index in [9.17, 15) is 4.39 Å². The van der Waals surface area contributed by atoms with Gasteiger partial charge >= 0.3 is 0 Å². The van der Waals surface area contributed by atoms with Crippen LogP contribution in [0.4, 0.5) is 4.39 Å². The SMILES string of the molecule is CC(C#N)CN[C@H](C)c1ccc(F)cc1. The molecule has 0 aliphatic rings. The van der Waals surface area contributed by atoms with Gasteiger partial charge in [-0.25, -0.2) is 4.39 Å². The van der Waals surface area contributed by atoms with E-state index in [0.29, 0.717) is 6.54 Å². The first-order chi connectivity index (χ1) is 7.13. The molecule has 0 radical (unpaired) electrons. The average Bonchev–Trinajstić information content (AvgIpc) is 2.26. The molecule has 0 amide bonds. The molecule has 2 atom stereocenters. The first kappa shape index (κ1) is 11.7. The highest BCUT2D eigenvalue weighted by Gasteiger charge is 2.06. The summed E-state index contributed by atoms with van der Waals surface area (Å²) in [5.41, 5.74) is 1.03. The zero-order valence-corrected chi connectivity index (χ0v) is 9.00. The van der Waals surface area contributed by atoms with Crippen molar-refractivity contribution in [2.75, 3.05) is 6.54 Å². The molecule has 1 aromatic rings. The van der Waals surface area contributed by atoms with Gasteiger partial charge in [0.05, 0.1) is 12.0 Å². The van der Waals surface area contributed by atoms with E-state index < -0.39 is 0 Å². The van der Waals surface area contributed by atoms with Gasteiger partial charge in [-0.05, 0) is 31.5 Å². The molecular weight excluding hydrogens is 191 g/mol. The van der Waals surface area contributed by atoms with Gasteiger partial charge in [0.15, 0.2) is 0 Å². The predicted octanol–water partition coefficient (Wildman–Crippen LogP) is 2.64. The summed E-state index contributed by atoms with van der Waals surface area (Å²) in [6.07, 6.45) is 0. The lowest BCUT2D eigenvalue weighted by atomic mass is 10.1. The van der Waals surface area contributed by atoms with Gasteiger partial charge in [-0.15, -0.1) is 0 Å². The van der Waals surface area contributed by atoms with Gasteiger partial charge in [-0.2, -0.15) is 5.26 Å². The molecule has 80 valence electrons. The molecule has 1 rings (SSSR count). The number of hydrogen-bond acceptors (Lipinski definition) is 2. The molecule has 0 heterocycles. The Morgan fingerprint density at radius 3 is 2.47 bits per heavy atom. The first-order valence-electron chi connectivity index (χ1n) is 5.02. The first-order valence-corrected chi connectivity index (χ1v) is 5.02. The van der Waals surface area contributed by atoms with Crippen LogP contribution < -0.4 is 5.32 Å². The molecule has 0 bridgehead atoms. The monoisotopic (exact) mass is 206 g/mol. The van der Waals surface area contributed by atoms with Crippen LogP contribution >= 0.6 is 0 Å². The second-order valence-electron chi connectivity index (χ2n) is 3.71. The van der Waals surface area contributed by atoms with Crippen LogP contribution in [-0.4, -0.2) is 6.54 Å². The summed E-state index contributed by atoms with van der Waals surface area (Å²) >= 11 is 0. The Hall–Kier alpha value is -1.40. The lowest BCUT2D eigenvalue weighted by Gasteiger charge is -2.14. The topological polar surface area (TPSA) is 35.8 Å². The highest BCUT2D eigenvalue weighted by Crippen LogP contribution is 2.12. The van der Waals surface area contributed by atoms with Gasteiger partial charge < -0.3 is 5.32 Å². The third-order valence-corrected chi connectivity index (χ3v) is 2.32. The van der Waals surface area contributed by atoms with Crippen molar-refractivity contribution in [1.82, 2.24) is 5.32 Å². The third kappa shape index (κ3) is 3.69. The average molecular weight is 206 g/mol. The van der Waals surface area contributed by atoms with Crippen LogP contribution in [0.25, 0.3) is 0 Å². The van der Waals surface area contributed by atoms with E-state index in [2.05, 4.69) is 11.4 Å². The van der Waals surface area contributed by atoms with Crippen LogP contribution in [0.3, 0.4) is 0 Å². The van der Waals surface area contributed by atoms with Crippen molar-refractivity contribution < 1.29 is 4.39 Å². The van der Waals surface area contributed by atoms with Gasteiger partial charge in [0.25, 0.3) is 0 Å². The Kier molecular flexibility index (Phi) is 4.26. The molecule has 0 saturated carbocycles. The van der Waals surface area contributed by atoms with Gasteiger partial charge in [-0.1, -0.05) is 12.1 Å². The molecule has 0 fully saturated rings. The predicted molar refractivity (Wildman–Crippen MR) is 57.6 cm³/mol. The Morgan fingerprint density at radius 1 is 1.33 bits per heavy atom. The molecule has 0 saturated heterocycles. The fourth-order valence-electron chi connectivity index (χ4n) is 1.27. The van der Waals surface area contributed by atoms with E-state index in [4.69, 9.17) is 5.26 Å². The fourth-order valence-corrected chi connectivity index (χ4v) is 1.27. The van der Waals surface area contributed by atoms with E-state index in [-0.39, 0.29) is 17.8 Å².